The minimum absolute atomic E-state index is 0.0744. The second-order valence-electron chi connectivity index (χ2n) is 8.21. The van der Waals surface area contributed by atoms with Crippen molar-refractivity contribution in [2.45, 2.75) is 51.7 Å². The number of rotatable bonds is 11. The molecule has 0 spiro atoms. The van der Waals surface area contributed by atoms with Crippen LogP contribution in [0.2, 0.25) is 0 Å². The number of aromatic amines is 1. The predicted molar refractivity (Wildman–Crippen MR) is 120 cm³/mol. The summed E-state index contributed by atoms with van der Waals surface area (Å²) in [7, 11) is 0. The zero-order chi connectivity index (χ0) is 23.8. The van der Waals surface area contributed by atoms with Gasteiger partial charge in [0.1, 0.15) is 12.1 Å². The summed E-state index contributed by atoms with van der Waals surface area (Å²) < 4.78 is 0. The fourth-order valence-corrected chi connectivity index (χ4v) is 3.25. The number of aromatic nitrogens is 1. The first-order valence-corrected chi connectivity index (χ1v) is 10.5. The van der Waals surface area contributed by atoms with Crippen molar-refractivity contribution in [3.63, 3.8) is 0 Å². The minimum atomic E-state index is -1.18. The summed E-state index contributed by atoms with van der Waals surface area (Å²) in [6.07, 6.45) is 2.42. The molecule has 3 unspecified atom stereocenters. The SMILES string of the molecule is CC(C)CC(NC(=O)CNC(=O)C(N)Cc1c[nH]c2ccccc12)C(=O)NC(C)C(=O)O. The second kappa shape index (κ2) is 11.3. The smallest absolute Gasteiger partial charge is 0.325 e. The Morgan fingerprint density at radius 1 is 1.06 bits per heavy atom. The van der Waals surface area contributed by atoms with Gasteiger partial charge in [-0.25, -0.2) is 0 Å². The van der Waals surface area contributed by atoms with E-state index >= 15 is 0 Å². The van der Waals surface area contributed by atoms with E-state index in [0.717, 1.165) is 16.5 Å². The van der Waals surface area contributed by atoms with Crippen molar-refractivity contribution >= 4 is 34.6 Å². The quantitative estimate of drug-likeness (QED) is 0.290. The number of benzene rings is 1. The molecule has 1 heterocycles. The number of H-pyrrole nitrogens is 1. The Bertz CT molecular complexity index is 971. The van der Waals surface area contributed by atoms with Crippen molar-refractivity contribution in [2.24, 2.45) is 11.7 Å². The van der Waals surface area contributed by atoms with Gasteiger partial charge in [0, 0.05) is 17.1 Å². The molecule has 0 bridgehead atoms. The molecule has 10 heteroatoms. The number of nitrogens with one attached hydrogen (secondary N) is 4. The molecule has 0 fully saturated rings. The summed E-state index contributed by atoms with van der Waals surface area (Å²) in [5.74, 6) is -2.75. The first kappa shape index (κ1) is 24.9. The van der Waals surface area contributed by atoms with Crippen molar-refractivity contribution in [3.05, 3.63) is 36.0 Å². The van der Waals surface area contributed by atoms with Crippen LogP contribution in [-0.4, -0.2) is 58.5 Å². The van der Waals surface area contributed by atoms with Crippen LogP contribution in [0.1, 0.15) is 32.8 Å². The number of hydrogen-bond donors (Lipinski definition) is 6. The molecule has 2 aromatic rings. The fourth-order valence-electron chi connectivity index (χ4n) is 3.25. The van der Waals surface area contributed by atoms with Gasteiger partial charge in [0.2, 0.25) is 17.7 Å². The highest BCUT2D eigenvalue weighted by atomic mass is 16.4. The van der Waals surface area contributed by atoms with E-state index in [0.29, 0.717) is 12.8 Å². The molecule has 3 amide bonds. The van der Waals surface area contributed by atoms with E-state index in [1.807, 2.05) is 38.1 Å². The van der Waals surface area contributed by atoms with Gasteiger partial charge in [-0.2, -0.15) is 0 Å². The van der Waals surface area contributed by atoms with E-state index < -0.39 is 41.8 Å². The number of aliphatic carboxylic acids is 1. The Hall–Kier alpha value is -3.40. The fraction of sp³-hybridized carbons (Fsp3) is 0.455. The molecule has 1 aromatic heterocycles. The maximum absolute atomic E-state index is 12.4. The Morgan fingerprint density at radius 3 is 2.41 bits per heavy atom. The number of hydrogen-bond acceptors (Lipinski definition) is 5. The standard InChI is InChI=1S/C22H31N5O5/c1-12(2)8-18(21(30)26-13(3)22(31)32)27-19(28)11-25-20(29)16(23)9-14-10-24-17-7-5-4-6-15(14)17/h4-7,10,12-13,16,18,24H,8-9,11,23H2,1-3H3,(H,25,29)(H,26,30)(H,27,28)(H,31,32). The molecule has 1 aromatic carbocycles. The van der Waals surface area contributed by atoms with E-state index in [-0.39, 0.29) is 12.5 Å². The highest BCUT2D eigenvalue weighted by Crippen LogP contribution is 2.18. The molecule has 32 heavy (non-hydrogen) atoms. The van der Waals surface area contributed by atoms with Crippen LogP contribution >= 0.6 is 0 Å². The van der Waals surface area contributed by atoms with E-state index in [1.165, 1.54) is 6.92 Å². The molecule has 10 nitrogen and oxygen atoms in total. The van der Waals surface area contributed by atoms with Crippen molar-refractivity contribution in [2.75, 3.05) is 6.54 Å². The average Bonchev–Trinajstić information content (AvgIpc) is 3.13. The molecule has 0 radical (unpaired) electrons. The lowest BCUT2D eigenvalue weighted by Gasteiger charge is -2.21. The number of carboxylic acid groups (broad SMARTS) is 1. The van der Waals surface area contributed by atoms with Crippen LogP contribution in [0.3, 0.4) is 0 Å². The zero-order valence-electron chi connectivity index (χ0n) is 18.5. The van der Waals surface area contributed by atoms with Crippen LogP contribution < -0.4 is 21.7 Å². The summed E-state index contributed by atoms with van der Waals surface area (Å²) in [6, 6.07) is 4.81. The number of carbonyl (C=O) groups excluding carboxylic acids is 3. The maximum atomic E-state index is 12.4. The third-order valence-electron chi connectivity index (χ3n) is 4.96. The lowest BCUT2D eigenvalue weighted by molar-refractivity contribution is -0.141. The van der Waals surface area contributed by atoms with Gasteiger partial charge in [-0.1, -0.05) is 32.0 Å². The van der Waals surface area contributed by atoms with Gasteiger partial charge in [0.25, 0.3) is 0 Å². The third kappa shape index (κ3) is 7.09. The van der Waals surface area contributed by atoms with Gasteiger partial charge in [0.15, 0.2) is 0 Å². The van der Waals surface area contributed by atoms with E-state index in [4.69, 9.17) is 10.8 Å². The van der Waals surface area contributed by atoms with Crippen LogP contribution in [0.4, 0.5) is 0 Å². The lowest BCUT2D eigenvalue weighted by atomic mass is 10.0. The van der Waals surface area contributed by atoms with Gasteiger partial charge >= 0.3 is 5.97 Å². The van der Waals surface area contributed by atoms with Crippen molar-refractivity contribution in [1.29, 1.82) is 0 Å². The van der Waals surface area contributed by atoms with Gasteiger partial charge in [0.05, 0.1) is 12.6 Å². The lowest BCUT2D eigenvalue weighted by Crippen LogP contribution is -2.53. The maximum Gasteiger partial charge on any atom is 0.325 e. The summed E-state index contributed by atoms with van der Waals surface area (Å²) in [5.41, 5.74) is 7.85. The largest absolute Gasteiger partial charge is 0.480 e. The first-order valence-electron chi connectivity index (χ1n) is 10.5. The minimum Gasteiger partial charge on any atom is -0.480 e. The Morgan fingerprint density at radius 2 is 1.75 bits per heavy atom. The van der Waals surface area contributed by atoms with Crippen LogP contribution in [0.15, 0.2) is 30.5 Å². The molecule has 174 valence electrons. The summed E-state index contributed by atoms with van der Waals surface area (Å²) in [4.78, 5) is 51.1. The van der Waals surface area contributed by atoms with Crippen molar-refractivity contribution < 1.29 is 24.3 Å². The molecular weight excluding hydrogens is 414 g/mol. The number of para-hydroxylation sites is 1. The molecule has 0 aliphatic carbocycles. The molecule has 3 atom stereocenters. The third-order valence-corrected chi connectivity index (χ3v) is 4.96. The monoisotopic (exact) mass is 445 g/mol. The molecule has 7 N–H and O–H groups in total. The Kier molecular flexibility index (Phi) is 8.77. The number of fused-ring (bicyclic) bond motifs is 1. The predicted octanol–water partition coefficient (Wildman–Crippen LogP) is 0.274. The molecule has 0 saturated carbocycles. The van der Waals surface area contributed by atoms with E-state index in [2.05, 4.69) is 20.9 Å². The van der Waals surface area contributed by atoms with E-state index in [1.54, 1.807) is 6.20 Å². The van der Waals surface area contributed by atoms with Gasteiger partial charge in [-0.3, -0.25) is 19.2 Å². The Balaban J connectivity index is 1.88. The molecule has 0 aliphatic heterocycles. The number of nitrogens with two attached hydrogens (primary N) is 1. The van der Waals surface area contributed by atoms with Crippen LogP contribution in [-0.2, 0) is 25.6 Å². The number of carbonyl (C=O) groups is 4. The zero-order valence-corrected chi connectivity index (χ0v) is 18.5. The van der Waals surface area contributed by atoms with E-state index in [9.17, 15) is 19.2 Å². The highest BCUT2D eigenvalue weighted by molar-refractivity contribution is 5.92. The number of carboxylic acids is 1. The second-order valence-corrected chi connectivity index (χ2v) is 8.21. The molecular formula is C22H31N5O5. The van der Waals surface area contributed by atoms with Gasteiger partial charge in [-0.05, 0) is 37.3 Å². The normalized spacial score (nSPS) is 13.9. The van der Waals surface area contributed by atoms with Crippen molar-refractivity contribution in [3.8, 4) is 0 Å². The molecule has 0 aliphatic rings. The molecule has 0 saturated heterocycles. The first-order chi connectivity index (χ1) is 15.1. The Labute approximate surface area is 186 Å². The van der Waals surface area contributed by atoms with Gasteiger partial charge in [-0.15, -0.1) is 0 Å². The average molecular weight is 446 g/mol. The highest BCUT2D eigenvalue weighted by Gasteiger charge is 2.25. The number of amides is 3. The topological polar surface area (TPSA) is 166 Å². The summed E-state index contributed by atoms with van der Waals surface area (Å²) in [6.45, 7) is 4.73. The van der Waals surface area contributed by atoms with Crippen LogP contribution in [0.5, 0.6) is 0 Å². The summed E-state index contributed by atoms with van der Waals surface area (Å²) in [5, 5.41) is 17.3. The van der Waals surface area contributed by atoms with Gasteiger partial charge < -0.3 is 31.8 Å². The van der Waals surface area contributed by atoms with Crippen molar-refractivity contribution in [1.82, 2.24) is 20.9 Å². The summed E-state index contributed by atoms with van der Waals surface area (Å²) >= 11 is 0. The van der Waals surface area contributed by atoms with Crippen LogP contribution in [0, 0.1) is 5.92 Å². The van der Waals surface area contributed by atoms with Crippen LogP contribution in [0.25, 0.3) is 10.9 Å². The molecule has 2 rings (SSSR count).